The summed E-state index contributed by atoms with van der Waals surface area (Å²) in [6, 6.07) is 26.0. The molecular weight excluding hydrogens is 825 g/mol. The predicted molar refractivity (Wildman–Crippen MR) is 213 cm³/mol. The molecule has 5 rings (SSSR count). The minimum absolute atomic E-state index is 0.00271. The number of nitro benzene ring substituents is 1. The van der Waals surface area contributed by atoms with Gasteiger partial charge in [0.25, 0.3) is 36.0 Å². The van der Waals surface area contributed by atoms with Crippen molar-refractivity contribution in [3.05, 3.63) is 134 Å². The number of hydrogen-bond donors (Lipinski definition) is 5. The fourth-order valence-corrected chi connectivity index (χ4v) is 5.64. The summed E-state index contributed by atoms with van der Waals surface area (Å²) in [6.07, 6.45) is 1.29. The molecule has 0 amide bonds. The zero-order chi connectivity index (χ0) is 44.2. The van der Waals surface area contributed by atoms with E-state index in [4.69, 9.17) is 28.9 Å². The van der Waals surface area contributed by atoms with Gasteiger partial charge in [-0.15, -0.1) is 0 Å². The van der Waals surface area contributed by atoms with Crippen molar-refractivity contribution in [2.45, 2.75) is 44.9 Å². The molecule has 1 fully saturated rings. The van der Waals surface area contributed by atoms with E-state index < -0.39 is 65.3 Å². The van der Waals surface area contributed by atoms with Crippen molar-refractivity contribution in [2.75, 3.05) is 31.9 Å². The van der Waals surface area contributed by atoms with Crippen LogP contribution >= 0.6 is 0 Å². The van der Waals surface area contributed by atoms with Crippen molar-refractivity contribution >= 4 is 48.0 Å². The quantitative estimate of drug-likeness (QED) is 0.0892. The number of non-ortho nitro benzene ring substituents is 1. The lowest BCUT2D eigenvalue weighted by molar-refractivity contribution is -0.384. The van der Waals surface area contributed by atoms with Gasteiger partial charge in [0.15, 0.2) is 0 Å². The molecule has 1 saturated heterocycles. The highest BCUT2D eigenvalue weighted by Gasteiger charge is 2.42. The number of ether oxygens (including phenoxy) is 2. The van der Waals surface area contributed by atoms with E-state index in [1.165, 1.54) is 18.2 Å². The molecule has 0 saturated carbocycles. The van der Waals surface area contributed by atoms with Crippen molar-refractivity contribution in [1.29, 1.82) is 0 Å². The van der Waals surface area contributed by atoms with Crippen LogP contribution in [-0.4, -0.2) is 105 Å². The molecule has 6 N–H and O–H groups in total. The summed E-state index contributed by atoms with van der Waals surface area (Å²) in [5, 5.41) is 14.5. The van der Waals surface area contributed by atoms with Crippen molar-refractivity contribution in [3.8, 4) is 0 Å². The first-order valence-electron chi connectivity index (χ1n) is 16.9. The first-order chi connectivity index (χ1) is 26.6. The Morgan fingerprint density at radius 1 is 0.793 bits per heavy atom. The van der Waals surface area contributed by atoms with Gasteiger partial charge in [-0.3, -0.25) is 28.7 Å². The van der Waals surface area contributed by atoms with Crippen molar-refractivity contribution in [2.24, 2.45) is 5.73 Å². The lowest BCUT2D eigenvalue weighted by Crippen LogP contribution is -2.54. The number of dihydropyridines is 1. The third-order valence-electron chi connectivity index (χ3n) is 7.54. The Balaban J connectivity index is 0.000000661. The van der Waals surface area contributed by atoms with Crippen LogP contribution in [0.4, 0.5) is 5.69 Å². The summed E-state index contributed by atoms with van der Waals surface area (Å²) in [5.41, 5.74) is 9.31. The lowest BCUT2D eigenvalue weighted by atomic mass is 9.81. The topological polar surface area (TPSA) is 300 Å². The van der Waals surface area contributed by atoms with Gasteiger partial charge in [-0.2, -0.15) is 25.3 Å². The molecule has 3 aromatic rings. The standard InChI is InChI=1S/C33H34N4O6.3CH4O3S/c1-20(2)42-32(38)27-21(3)35-31(34)29(28(27)24-15-10-16-25(17-24)37(40)41)33(39)43-26-18-36(19-26)30(22-11-6-4-7-12-22)23-13-8-5-9-14-23;3*1-5(2,3)4/h4-17,20,26,28,30,35H,18-19,34H2,1-3H3;3*1H3,(H,2,3,4). The van der Waals surface area contributed by atoms with E-state index in [2.05, 4.69) is 34.5 Å². The van der Waals surface area contributed by atoms with E-state index >= 15 is 0 Å². The monoisotopic (exact) mass is 870 g/mol. The molecule has 3 aromatic carbocycles. The second-order valence-electron chi connectivity index (χ2n) is 13.1. The third kappa shape index (κ3) is 17.5. The Morgan fingerprint density at radius 2 is 1.24 bits per heavy atom. The molecule has 2 heterocycles. The van der Waals surface area contributed by atoms with Crippen LogP contribution in [0.25, 0.3) is 0 Å². The van der Waals surface area contributed by atoms with Gasteiger partial charge in [0, 0.05) is 30.9 Å². The van der Waals surface area contributed by atoms with E-state index in [1.807, 2.05) is 36.4 Å². The Bertz CT molecular complexity index is 2180. The maximum absolute atomic E-state index is 13.8. The molecule has 58 heavy (non-hydrogen) atoms. The molecule has 22 heteroatoms. The summed E-state index contributed by atoms with van der Waals surface area (Å²) >= 11 is 0. The summed E-state index contributed by atoms with van der Waals surface area (Å²) in [7, 11) is -11.0. The van der Waals surface area contributed by atoms with Gasteiger partial charge in [-0.25, -0.2) is 9.59 Å². The van der Waals surface area contributed by atoms with Crippen LogP contribution in [0.2, 0.25) is 0 Å². The van der Waals surface area contributed by atoms with E-state index in [9.17, 15) is 45.0 Å². The lowest BCUT2D eigenvalue weighted by Gasteiger charge is -2.44. The number of esters is 2. The van der Waals surface area contributed by atoms with Crippen LogP contribution < -0.4 is 11.1 Å². The van der Waals surface area contributed by atoms with Crippen LogP contribution in [0.3, 0.4) is 0 Å². The summed E-state index contributed by atoms with van der Waals surface area (Å²) in [5.74, 6) is -2.37. The molecule has 0 aliphatic carbocycles. The van der Waals surface area contributed by atoms with Gasteiger partial charge in [-0.1, -0.05) is 72.8 Å². The van der Waals surface area contributed by atoms with E-state index in [1.54, 1.807) is 26.8 Å². The number of allylic oxidation sites excluding steroid dienone is 1. The zero-order valence-corrected chi connectivity index (χ0v) is 34.7. The number of nitro groups is 1. The molecule has 0 spiro atoms. The maximum Gasteiger partial charge on any atom is 0.339 e. The van der Waals surface area contributed by atoms with Crippen LogP contribution in [0.1, 0.15) is 49.4 Å². The molecule has 2 aliphatic rings. The molecule has 1 unspecified atom stereocenters. The molecule has 0 radical (unpaired) electrons. The third-order valence-corrected chi connectivity index (χ3v) is 7.54. The molecule has 318 valence electrons. The number of likely N-dealkylation sites (tertiary alicyclic amines) is 1. The molecule has 19 nitrogen and oxygen atoms in total. The fourth-order valence-electron chi connectivity index (χ4n) is 5.64. The highest BCUT2D eigenvalue weighted by molar-refractivity contribution is 7.85. The second kappa shape index (κ2) is 21.0. The van der Waals surface area contributed by atoms with Crippen LogP contribution in [0, 0.1) is 10.1 Å². The minimum atomic E-state index is -3.67. The normalized spacial score (nSPS) is 15.9. The van der Waals surface area contributed by atoms with Crippen LogP contribution in [0.5, 0.6) is 0 Å². The second-order valence-corrected chi connectivity index (χ2v) is 17.5. The highest BCUT2D eigenvalue weighted by Crippen LogP contribution is 2.40. The van der Waals surface area contributed by atoms with Crippen molar-refractivity contribution < 1.29 is 62.9 Å². The summed E-state index contributed by atoms with van der Waals surface area (Å²) in [4.78, 5) is 40.4. The fraction of sp³-hybridized carbons (Fsp3) is 0.333. The Labute approximate surface area is 336 Å². The van der Waals surface area contributed by atoms with Gasteiger partial charge < -0.3 is 20.5 Å². The number of carbonyl (C=O) groups excluding carboxylic acids is 2. The van der Waals surface area contributed by atoms with E-state index in [0.717, 1.165) is 11.1 Å². The number of nitrogens with one attached hydrogen (secondary N) is 1. The smallest absolute Gasteiger partial charge is 0.339 e. The van der Waals surface area contributed by atoms with Crippen LogP contribution in [0.15, 0.2) is 108 Å². The number of nitrogens with two attached hydrogens (primary N) is 1. The number of rotatable bonds is 9. The molecule has 0 aromatic heterocycles. The molecule has 0 bridgehead atoms. The first kappa shape index (κ1) is 48.9. The average Bonchev–Trinajstić information content (AvgIpc) is 3.05. The van der Waals surface area contributed by atoms with Crippen molar-refractivity contribution in [1.82, 2.24) is 10.2 Å². The van der Waals surface area contributed by atoms with Crippen molar-refractivity contribution in [3.63, 3.8) is 0 Å². The zero-order valence-electron chi connectivity index (χ0n) is 32.2. The number of benzene rings is 3. The van der Waals surface area contributed by atoms with Gasteiger partial charge in [0.05, 0.1) is 52.9 Å². The van der Waals surface area contributed by atoms with Gasteiger partial charge in [-0.05, 0) is 37.5 Å². The molecular formula is C36H46N4O15S3. The summed E-state index contributed by atoms with van der Waals surface area (Å²) in [6.45, 7) is 6.05. The number of hydrogen-bond acceptors (Lipinski definition) is 15. The number of nitrogens with zero attached hydrogens (tertiary/aromatic N) is 2. The number of carbonyl (C=O) groups is 2. The Hall–Kier alpha value is -5.23. The predicted octanol–water partition coefficient (Wildman–Crippen LogP) is 3.21. The van der Waals surface area contributed by atoms with E-state index in [0.29, 0.717) is 43.1 Å². The average molecular weight is 871 g/mol. The minimum Gasteiger partial charge on any atom is -0.460 e. The van der Waals surface area contributed by atoms with Gasteiger partial charge >= 0.3 is 11.9 Å². The van der Waals surface area contributed by atoms with Crippen LogP contribution in [-0.2, 0) is 49.4 Å². The largest absolute Gasteiger partial charge is 0.460 e. The Kier molecular flexibility index (Phi) is 17.7. The van der Waals surface area contributed by atoms with E-state index in [-0.39, 0.29) is 28.7 Å². The molecule has 2 aliphatic heterocycles. The molecule has 1 atom stereocenters. The first-order valence-corrected chi connectivity index (χ1v) is 22.4. The van der Waals surface area contributed by atoms with Gasteiger partial charge in [0.2, 0.25) is 0 Å². The highest BCUT2D eigenvalue weighted by atomic mass is 32.2. The summed E-state index contributed by atoms with van der Waals surface area (Å²) < 4.78 is 89.1. The SMILES string of the molecule is CC1=C(C(=O)OC(C)C)C(c2cccc([N+](=O)[O-])c2)C(C(=O)OC2CN(C(c3ccccc3)c3ccccc3)C2)=C(N)N1.CS(=O)(=O)O.CS(=O)(=O)O.CS(=O)(=O)O. The van der Waals surface area contributed by atoms with Gasteiger partial charge in [0.1, 0.15) is 11.9 Å². The maximum atomic E-state index is 13.8. The Morgan fingerprint density at radius 3 is 1.66 bits per heavy atom.